The van der Waals surface area contributed by atoms with Gasteiger partial charge in [-0.05, 0) is 39.5 Å². The van der Waals surface area contributed by atoms with Gasteiger partial charge in [-0.2, -0.15) is 11.8 Å². The molecule has 3 aliphatic rings. The molecule has 0 N–H and O–H groups in total. The molecule has 0 aromatic heterocycles. The lowest BCUT2D eigenvalue weighted by Gasteiger charge is -2.55. The zero-order chi connectivity index (χ0) is 11.8. The van der Waals surface area contributed by atoms with Crippen LogP contribution in [0.5, 0.6) is 0 Å². The van der Waals surface area contributed by atoms with Gasteiger partial charge in [-0.3, -0.25) is 4.90 Å². The molecule has 0 radical (unpaired) electrons. The zero-order valence-corrected chi connectivity index (χ0v) is 12.2. The summed E-state index contributed by atoms with van der Waals surface area (Å²) < 4.78 is 0. The lowest BCUT2D eigenvalue weighted by atomic mass is 9.86. The SMILES string of the molecule is CC(C)N1C2CCCCC2SC2CCCCC21. The Balaban J connectivity index is 1.82. The van der Waals surface area contributed by atoms with Crippen LogP contribution in [0.15, 0.2) is 0 Å². The summed E-state index contributed by atoms with van der Waals surface area (Å²) in [7, 11) is 0. The van der Waals surface area contributed by atoms with Crippen molar-refractivity contribution in [3.63, 3.8) is 0 Å². The number of nitrogens with zero attached hydrogens (tertiary/aromatic N) is 1. The molecule has 1 nitrogen and oxygen atoms in total. The molecule has 3 fully saturated rings. The van der Waals surface area contributed by atoms with Gasteiger partial charge in [0.15, 0.2) is 0 Å². The highest BCUT2D eigenvalue weighted by Gasteiger charge is 2.45. The van der Waals surface area contributed by atoms with Crippen LogP contribution in [0, 0.1) is 0 Å². The highest BCUT2D eigenvalue weighted by molar-refractivity contribution is 8.00. The van der Waals surface area contributed by atoms with Crippen LogP contribution in [-0.4, -0.2) is 33.5 Å². The van der Waals surface area contributed by atoms with Gasteiger partial charge in [-0.1, -0.05) is 25.7 Å². The van der Waals surface area contributed by atoms with Crippen molar-refractivity contribution < 1.29 is 0 Å². The Bertz CT molecular complexity index is 244. The maximum Gasteiger partial charge on any atom is 0.0220 e. The van der Waals surface area contributed by atoms with Crippen LogP contribution in [0.25, 0.3) is 0 Å². The second-order valence-corrected chi connectivity index (χ2v) is 7.94. The first kappa shape index (κ1) is 12.3. The minimum atomic E-state index is 0.757. The highest BCUT2D eigenvalue weighted by Crippen LogP contribution is 2.46. The fourth-order valence-corrected chi connectivity index (χ4v) is 6.36. The summed E-state index contributed by atoms with van der Waals surface area (Å²) in [5.74, 6) is 0. The van der Waals surface area contributed by atoms with Crippen molar-refractivity contribution in [2.75, 3.05) is 0 Å². The first-order valence-electron chi connectivity index (χ1n) is 7.70. The number of hydrogen-bond donors (Lipinski definition) is 0. The standard InChI is InChI=1S/C15H27NS/c1-11(2)16-12-7-3-5-9-14(12)17-15-10-6-4-8-13(15)16/h11-15H,3-10H2,1-2H3. The number of rotatable bonds is 1. The molecule has 98 valence electrons. The van der Waals surface area contributed by atoms with Gasteiger partial charge in [0.25, 0.3) is 0 Å². The van der Waals surface area contributed by atoms with Crippen molar-refractivity contribution in [3.05, 3.63) is 0 Å². The second kappa shape index (κ2) is 5.13. The molecule has 0 aromatic carbocycles. The first-order chi connectivity index (χ1) is 8.27. The predicted octanol–water partition coefficient (Wildman–Crippen LogP) is 4.07. The van der Waals surface area contributed by atoms with Crippen molar-refractivity contribution in [1.29, 1.82) is 0 Å². The molecule has 4 unspecified atom stereocenters. The zero-order valence-electron chi connectivity index (χ0n) is 11.4. The Kier molecular flexibility index (Phi) is 3.72. The average Bonchev–Trinajstić information content (AvgIpc) is 2.35. The van der Waals surface area contributed by atoms with Gasteiger partial charge in [-0.15, -0.1) is 0 Å². The first-order valence-corrected chi connectivity index (χ1v) is 8.64. The molecule has 0 amide bonds. The Morgan fingerprint density at radius 2 is 1.29 bits per heavy atom. The van der Waals surface area contributed by atoms with Crippen LogP contribution >= 0.6 is 11.8 Å². The Morgan fingerprint density at radius 3 is 1.76 bits per heavy atom. The molecule has 0 bridgehead atoms. The quantitative estimate of drug-likeness (QED) is 0.693. The van der Waals surface area contributed by atoms with E-state index in [1.54, 1.807) is 0 Å². The summed E-state index contributed by atoms with van der Waals surface area (Å²) in [6.07, 6.45) is 11.8. The van der Waals surface area contributed by atoms with E-state index < -0.39 is 0 Å². The van der Waals surface area contributed by atoms with Crippen LogP contribution in [0.1, 0.15) is 65.2 Å². The van der Waals surface area contributed by atoms with Gasteiger partial charge in [-0.25, -0.2) is 0 Å². The van der Waals surface area contributed by atoms with Gasteiger partial charge in [0.05, 0.1) is 0 Å². The topological polar surface area (TPSA) is 3.24 Å². The van der Waals surface area contributed by atoms with E-state index in [-0.39, 0.29) is 0 Å². The van der Waals surface area contributed by atoms with Crippen LogP contribution in [-0.2, 0) is 0 Å². The van der Waals surface area contributed by atoms with Gasteiger partial charge in [0, 0.05) is 28.6 Å². The third kappa shape index (κ3) is 2.28. The summed E-state index contributed by atoms with van der Waals surface area (Å²) in [6, 6.07) is 2.58. The van der Waals surface area contributed by atoms with E-state index in [9.17, 15) is 0 Å². The smallest absolute Gasteiger partial charge is 0.0220 e. The van der Waals surface area contributed by atoms with Crippen molar-refractivity contribution in [1.82, 2.24) is 4.90 Å². The molecular formula is C15H27NS. The number of thioether (sulfide) groups is 1. The summed E-state index contributed by atoms with van der Waals surface area (Å²) in [5, 5.41) is 1.93. The molecule has 0 aromatic rings. The van der Waals surface area contributed by atoms with Crippen molar-refractivity contribution in [2.45, 2.75) is 93.8 Å². The molecule has 1 heterocycles. The monoisotopic (exact) mass is 253 g/mol. The third-order valence-corrected chi connectivity index (χ3v) is 6.85. The number of hydrogen-bond acceptors (Lipinski definition) is 2. The molecule has 0 spiro atoms. The van der Waals surface area contributed by atoms with Crippen molar-refractivity contribution in [2.24, 2.45) is 0 Å². The third-order valence-electron chi connectivity index (χ3n) is 5.05. The minimum absolute atomic E-state index is 0.757. The van der Waals surface area contributed by atoms with E-state index in [1.807, 2.05) is 0 Å². The van der Waals surface area contributed by atoms with E-state index >= 15 is 0 Å². The predicted molar refractivity (Wildman–Crippen MR) is 76.7 cm³/mol. The Hall–Kier alpha value is 0.310. The summed E-state index contributed by atoms with van der Waals surface area (Å²) in [5.41, 5.74) is 0. The van der Waals surface area contributed by atoms with Crippen LogP contribution in [0.3, 0.4) is 0 Å². The molecule has 2 heteroatoms. The molecule has 4 atom stereocenters. The molecule has 3 rings (SSSR count). The Labute approximate surface area is 111 Å². The average molecular weight is 253 g/mol. The molecule has 2 saturated carbocycles. The van der Waals surface area contributed by atoms with Gasteiger partial charge >= 0.3 is 0 Å². The lowest BCUT2D eigenvalue weighted by molar-refractivity contribution is 0.0482. The van der Waals surface area contributed by atoms with E-state index in [1.165, 1.54) is 51.4 Å². The summed E-state index contributed by atoms with van der Waals surface area (Å²) >= 11 is 2.38. The highest BCUT2D eigenvalue weighted by atomic mass is 32.2. The van der Waals surface area contributed by atoms with Gasteiger partial charge in [0.1, 0.15) is 0 Å². The van der Waals surface area contributed by atoms with Crippen LogP contribution in [0.4, 0.5) is 0 Å². The molecule has 17 heavy (non-hydrogen) atoms. The van der Waals surface area contributed by atoms with Crippen molar-refractivity contribution >= 4 is 11.8 Å². The molecule has 2 aliphatic carbocycles. The second-order valence-electron chi connectivity index (χ2n) is 6.46. The maximum absolute atomic E-state index is 2.93. The fraction of sp³-hybridized carbons (Fsp3) is 1.00. The summed E-state index contributed by atoms with van der Waals surface area (Å²) in [6.45, 7) is 4.85. The lowest BCUT2D eigenvalue weighted by Crippen LogP contribution is -2.60. The van der Waals surface area contributed by atoms with E-state index in [2.05, 4.69) is 30.5 Å². The molecule has 1 saturated heterocycles. The van der Waals surface area contributed by atoms with Crippen LogP contribution < -0.4 is 0 Å². The maximum atomic E-state index is 2.93. The minimum Gasteiger partial charge on any atom is -0.293 e. The van der Waals surface area contributed by atoms with Crippen LogP contribution in [0.2, 0.25) is 0 Å². The number of fused-ring (bicyclic) bond motifs is 2. The Morgan fingerprint density at radius 1 is 0.824 bits per heavy atom. The molecule has 1 aliphatic heterocycles. The molecular weight excluding hydrogens is 226 g/mol. The fourth-order valence-electron chi connectivity index (χ4n) is 4.39. The van der Waals surface area contributed by atoms with E-state index in [4.69, 9.17) is 0 Å². The van der Waals surface area contributed by atoms with Gasteiger partial charge in [0.2, 0.25) is 0 Å². The summed E-state index contributed by atoms with van der Waals surface area (Å²) in [4.78, 5) is 2.93. The van der Waals surface area contributed by atoms with E-state index in [0.717, 1.165) is 28.6 Å². The largest absolute Gasteiger partial charge is 0.293 e. The normalized spacial score (nSPS) is 43.2. The van der Waals surface area contributed by atoms with Crippen molar-refractivity contribution in [3.8, 4) is 0 Å². The van der Waals surface area contributed by atoms with E-state index in [0.29, 0.717) is 0 Å². The van der Waals surface area contributed by atoms with Gasteiger partial charge < -0.3 is 0 Å².